The highest BCUT2D eigenvalue weighted by atomic mass is 16.5. The van der Waals surface area contributed by atoms with E-state index < -0.39 is 0 Å². The Balaban J connectivity index is 1.58. The third-order valence-corrected chi connectivity index (χ3v) is 5.16. The van der Waals surface area contributed by atoms with Crippen LogP contribution in [0.4, 0.5) is 11.6 Å². The van der Waals surface area contributed by atoms with Gasteiger partial charge in [0, 0.05) is 30.6 Å². The lowest BCUT2D eigenvalue weighted by molar-refractivity contribution is 0.419. The summed E-state index contributed by atoms with van der Waals surface area (Å²) in [6, 6.07) is 5.76. The molecule has 1 atom stereocenters. The lowest BCUT2D eigenvalue weighted by Crippen LogP contribution is -2.34. The number of aromatic amines is 1. The van der Waals surface area contributed by atoms with E-state index in [1.165, 1.54) is 0 Å². The van der Waals surface area contributed by atoms with E-state index in [1.807, 2.05) is 30.6 Å². The number of rotatable bonds is 3. The molecule has 0 spiro atoms. The molecule has 0 unspecified atom stereocenters. The van der Waals surface area contributed by atoms with Crippen LogP contribution in [-0.4, -0.2) is 50.0 Å². The topological polar surface area (TPSA) is 110 Å². The van der Waals surface area contributed by atoms with Crippen LogP contribution in [0.15, 0.2) is 30.6 Å². The van der Waals surface area contributed by atoms with Gasteiger partial charge in [0.05, 0.1) is 19.0 Å². The largest absolute Gasteiger partial charge is 0.494 e. The van der Waals surface area contributed by atoms with Gasteiger partial charge in [-0.05, 0) is 25.0 Å². The van der Waals surface area contributed by atoms with E-state index >= 15 is 0 Å². The molecule has 27 heavy (non-hydrogen) atoms. The lowest BCUT2D eigenvalue weighted by Gasteiger charge is -2.32. The second kappa shape index (κ2) is 6.11. The summed E-state index contributed by atoms with van der Waals surface area (Å²) >= 11 is 0. The van der Waals surface area contributed by atoms with Crippen molar-refractivity contribution in [3.05, 3.63) is 36.4 Å². The van der Waals surface area contributed by atoms with Crippen LogP contribution in [0.2, 0.25) is 0 Å². The standard InChI is InChI=1S/C18H20N8O/c1-27-14-6-2-5-13-15(14)22-18(19)26-17(13)23-16(24-26)11-4-3-7-25(10-11)12-8-20-21-9-12/h2,5-6,8-9,11H,3-4,7,10H2,1H3,(H2,19,22)(H,20,21)/t11-/m1/s1. The summed E-state index contributed by atoms with van der Waals surface area (Å²) in [7, 11) is 1.62. The molecule has 0 radical (unpaired) electrons. The molecule has 0 amide bonds. The van der Waals surface area contributed by atoms with Gasteiger partial charge in [-0.25, -0.2) is 9.97 Å². The van der Waals surface area contributed by atoms with Crippen LogP contribution in [0.5, 0.6) is 5.75 Å². The molecule has 0 bridgehead atoms. The molecule has 1 saturated heterocycles. The lowest BCUT2D eigenvalue weighted by atomic mass is 9.97. The highest BCUT2D eigenvalue weighted by Gasteiger charge is 2.26. The second-order valence-electron chi connectivity index (χ2n) is 6.77. The third-order valence-electron chi connectivity index (χ3n) is 5.16. The summed E-state index contributed by atoms with van der Waals surface area (Å²) in [6.07, 6.45) is 5.88. The Hall–Kier alpha value is -3.36. The molecule has 5 rings (SSSR count). The Labute approximate surface area is 155 Å². The Morgan fingerprint density at radius 2 is 2.22 bits per heavy atom. The third kappa shape index (κ3) is 2.54. The number of anilines is 2. The fourth-order valence-corrected chi connectivity index (χ4v) is 3.82. The molecular formula is C18H20N8O. The summed E-state index contributed by atoms with van der Waals surface area (Å²) in [5, 5.41) is 12.5. The van der Waals surface area contributed by atoms with E-state index in [2.05, 4.69) is 25.2 Å². The SMILES string of the molecule is COc1cccc2c1nc(N)n1nc([C@@H]3CCCN(c4cn[nH]c4)C3)nc21. The summed E-state index contributed by atoms with van der Waals surface area (Å²) in [5.41, 5.74) is 8.68. The van der Waals surface area contributed by atoms with Gasteiger partial charge in [-0.1, -0.05) is 6.07 Å². The van der Waals surface area contributed by atoms with E-state index in [4.69, 9.17) is 15.5 Å². The van der Waals surface area contributed by atoms with E-state index in [-0.39, 0.29) is 5.92 Å². The zero-order chi connectivity index (χ0) is 18.4. The number of hydrogen-bond acceptors (Lipinski definition) is 7. The summed E-state index contributed by atoms with van der Waals surface area (Å²) in [4.78, 5) is 11.6. The monoisotopic (exact) mass is 364 g/mol. The number of nitrogens with two attached hydrogens (primary N) is 1. The Kier molecular flexibility index (Phi) is 3.59. The fraction of sp³-hybridized carbons (Fsp3) is 0.333. The molecule has 1 aliphatic rings. The van der Waals surface area contributed by atoms with Crippen LogP contribution >= 0.6 is 0 Å². The Morgan fingerprint density at radius 3 is 3.04 bits per heavy atom. The number of nitrogens with one attached hydrogen (secondary N) is 1. The molecule has 3 aromatic heterocycles. The van der Waals surface area contributed by atoms with Crippen molar-refractivity contribution in [3.8, 4) is 5.75 Å². The highest BCUT2D eigenvalue weighted by Crippen LogP contribution is 2.31. The average molecular weight is 364 g/mol. The molecule has 3 N–H and O–H groups in total. The maximum atomic E-state index is 6.16. The zero-order valence-corrected chi connectivity index (χ0v) is 15.0. The number of nitrogens with zero attached hydrogens (tertiary/aromatic N) is 6. The number of nitrogen functional groups attached to an aromatic ring is 1. The number of fused-ring (bicyclic) bond motifs is 3. The molecular weight excluding hydrogens is 344 g/mol. The van der Waals surface area contributed by atoms with E-state index in [0.717, 1.165) is 42.8 Å². The van der Waals surface area contributed by atoms with E-state index in [1.54, 1.807) is 11.6 Å². The van der Waals surface area contributed by atoms with Gasteiger partial charge in [-0.2, -0.15) is 9.61 Å². The van der Waals surface area contributed by atoms with Gasteiger partial charge in [0.25, 0.3) is 0 Å². The maximum Gasteiger partial charge on any atom is 0.223 e. The molecule has 1 fully saturated rings. The quantitative estimate of drug-likeness (QED) is 0.572. The summed E-state index contributed by atoms with van der Waals surface area (Å²) in [6.45, 7) is 1.86. The first-order valence-electron chi connectivity index (χ1n) is 8.97. The number of ether oxygens (including phenoxy) is 1. The maximum absolute atomic E-state index is 6.16. The van der Waals surface area contributed by atoms with Crippen molar-refractivity contribution in [1.82, 2.24) is 29.8 Å². The Bertz CT molecular complexity index is 1100. The number of para-hydroxylation sites is 1. The summed E-state index contributed by atoms with van der Waals surface area (Å²) in [5.74, 6) is 2.01. The molecule has 1 aliphatic heterocycles. The van der Waals surface area contributed by atoms with Crippen molar-refractivity contribution in [2.75, 3.05) is 30.8 Å². The first-order chi connectivity index (χ1) is 13.2. The first-order valence-corrected chi connectivity index (χ1v) is 8.97. The molecule has 0 aliphatic carbocycles. The minimum atomic E-state index is 0.230. The van der Waals surface area contributed by atoms with Crippen molar-refractivity contribution >= 4 is 28.2 Å². The van der Waals surface area contributed by atoms with Crippen molar-refractivity contribution in [1.29, 1.82) is 0 Å². The molecule has 1 aromatic carbocycles. The second-order valence-corrected chi connectivity index (χ2v) is 6.77. The van der Waals surface area contributed by atoms with Gasteiger partial charge in [-0.15, -0.1) is 5.10 Å². The van der Waals surface area contributed by atoms with Crippen molar-refractivity contribution in [2.24, 2.45) is 0 Å². The number of benzene rings is 1. The van der Waals surface area contributed by atoms with Crippen molar-refractivity contribution in [2.45, 2.75) is 18.8 Å². The molecule has 4 aromatic rings. The van der Waals surface area contributed by atoms with Crippen molar-refractivity contribution < 1.29 is 4.74 Å². The summed E-state index contributed by atoms with van der Waals surface area (Å²) < 4.78 is 7.05. The molecule has 9 nitrogen and oxygen atoms in total. The number of hydrogen-bond donors (Lipinski definition) is 2. The van der Waals surface area contributed by atoms with Crippen LogP contribution in [-0.2, 0) is 0 Å². The minimum absolute atomic E-state index is 0.230. The van der Waals surface area contributed by atoms with Gasteiger partial charge in [0.1, 0.15) is 11.3 Å². The number of methoxy groups -OCH3 is 1. The zero-order valence-electron chi connectivity index (χ0n) is 15.0. The fourth-order valence-electron chi connectivity index (χ4n) is 3.82. The van der Waals surface area contributed by atoms with Crippen LogP contribution in [0.25, 0.3) is 16.6 Å². The van der Waals surface area contributed by atoms with Crippen LogP contribution in [0.3, 0.4) is 0 Å². The number of aromatic nitrogens is 6. The van der Waals surface area contributed by atoms with Crippen LogP contribution in [0.1, 0.15) is 24.6 Å². The molecule has 138 valence electrons. The number of piperidine rings is 1. The van der Waals surface area contributed by atoms with Gasteiger partial charge >= 0.3 is 0 Å². The molecule has 4 heterocycles. The van der Waals surface area contributed by atoms with Crippen molar-refractivity contribution in [3.63, 3.8) is 0 Å². The van der Waals surface area contributed by atoms with Gasteiger partial charge in [-0.3, -0.25) is 5.10 Å². The Morgan fingerprint density at radius 1 is 1.30 bits per heavy atom. The van der Waals surface area contributed by atoms with Gasteiger partial charge < -0.3 is 15.4 Å². The molecule has 9 heteroatoms. The van der Waals surface area contributed by atoms with Crippen LogP contribution < -0.4 is 15.4 Å². The predicted molar refractivity (Wildman–Crippen MR) is 102 cm³/mol. The predicted octanol–water partition coefficient (Wildman–Crippen LogP) is 1.98. The smallest absolute Gasteiger partial charge is 0.223 e. The van der Waals surface area contributed by atoms with E-state index in [0.29, 0.717) is 22.9 Å². The minimum Gasteiger partial charge on any atom is -0.494 e. The van der Waals surface area contributed by atoms with Crippen LogP contribution in [0, 0.1) is 0 Å². The first kappa shape index (κ1) is 15.9. The number of H-pyrrole nitrogens is 1. The van der Waals surface area contributed by atoms with Gasteiger partial charge in [0.2, 0.25) is 5.95 Å². The van der Waals surface area contributed by atoms with Gasteiger partial charge in [0.15, 0.2) is 11.5 Å². The van der Waals surface area contributed by atoms with E-state index in [9.17, 15) is 0 Å². The molecule has 0 saturated carbocycles. The average Bonchev–Trinajstić information content (AvgIpc) is 3.38. The normalized spacial score (nSPS) is 17.7. The highest BCUT2D eigenvalue weighted by molar-refractivity contribution is 5.95.